The fraction of sp³-hybridized carbons (Fsp3) is 0.333. The van der Waals surface area contributed by atoms with Gasteiger partial charge in [-0.1, -0.05) is 23.5 Å². The monoisotopic (exact) mass is 612 g/mol. The number of thiophene rings is 1. The van der Waals surface area contributed by atoms with Crippen molar-refractivity contribution in [2.24, 2.45) is 4.99 Å². The zero-order valence-electron chi connectivity index (χ0n) is 24.8. The van der Waals surface area contributed by atoms with Gasteiger partial charge in [0.05, 0.1) is 41.1 Å². The van der Waals surface area contributed by atoms with Gasteiger partial charge in [-0.2, -0.15) is 5.26 Å². The van der Waals surface area contributed by atoms with E-state index in [-0.39, 0.29) is 12.2 Å². The molecule has 3 aromatic heterocycles. The Balaban J connectivity index is 1.50. The van der Waals surface area contributed by atoms with E-state index in [1.54, 1.807) is 36.9 Å². The standard InChI is InChI=1S/C33H32N4O4S2/c1-6-41-32(39)28-19(3)35-33-37(29(28)21-11-13-23(40-5)14-12-21)30(38)27(43-33)16-22-15-18(2)36(20(22)4)31-25(17-34)24-9-7-8-10-26(24)42-31/h11-16,29H,6-10H2,1-5H3/b27-16+/t29-/m0/s1. The average Bonchev–Trinajstić information content (AvgIpc) is 3.61. The zero-order valence-corrected chi connectivity index (χ0v) is 26.4. The number of carbonyl (C=O) groups excluding carboxylic acids is 1. The highest BCUT2D eigenvalue weighted by atomic mass is 32.1. The van der Waals surface area contributed by atoms with Gasteiger partial charge in [0.2, 0.25) is 0 Å². The van der Waals surface area contributed by atoms with Crippen LogP contribution in [0.5, 0.6) is 5.75 Å². The molecule has 1 aliphatic heterocycles. The third-order valence-corrected chi connectivity index (χ3v) is 10.4. The number of rotatable bonds is 6. The molecule has 0 spiro atoms. The predicted molar refractivity (Wildman–Crippen MR) is 168 cm³/mol. The van der Waals surface area contributed by atoms with Crippen molar-refractivity contribution in [3.05, 3.63) is 99.8 Å². The highest BCUT2D eigenvalue weighted by Gasteiger charge is 2.33. The van der Waals surface area contributed by atoms with Crippen molar-refractivity contribution in [1.82, 2.24) is 9.13 Å². The molecule has 0 unspecified atom stereocenters. The Bertz CT molecular complexity index is 2020. The maximum absolute atomic E-state index is 14.1. The Morgan fingerprint density at radius 3 is 2.60 bits per heavy atom. The Kier molecular flexibility index (Phi) is 7.71. The van der Waals surface area contributed by atoms with E-state index < -0.39 is 12.0 Å². The van der Waals surface area contributed by atoms with Gasteiger partial charge in [0.25, 0.3) is 5.56 Å². The number of hydrogen-bond donors (Lipinski definition) is 0. The summed E-state index contributed by atoms with van der Waals surface area (Å²) in [4.78, 5) is 33.8. The summed E-state index contributed by atoms with van der Waals surface area (Å²) >= 11 is 3.01. The van der Waals surface area contributed by atoms with E-state index in [1.165, 1.54) is 21.8 Å². The number of thiazole rings is 1. The second-order valence-corrected chi connectivity index (χ2v) is 12.8. The summed E-state index contributed by atoms with van der Waals surface area (Å²) in [5.41, 5.74) is 6.24. The Hall–Kier alpha value is -4.20. The van der Waals surface area contributed by atoms with Gasteiger partial charge in [0.1, 0.15) is 16.8 Å². The molecule has 0 amide bonds. The number of aromatic nitrogens is 2. The summed E-state index contributed by atoms with van der Waals surface area (Å²) in [6.45, 7) is 7.81. The van der Waals surface area contributed by atoms with Crippen molar-refractivity contribution >= 4 is 34.7 Å². The fourth-order valence-electron chi connectivity index (χ4n) is 6.10. The Morgan fingerprint density at radius 1 is 1.16 bits per heavy atom. The molecule has 0 radical (unpaired) electrons. The highest BCUT2D eigenvalue weighted by molar-refractivity contribution is 7.15. The molecule has 43 heavy (non-hydrogen) atoms. The first kappa shape index (κ1) is 28.9. The van der Waals surface area contributed by atoms with Crippen LogP contribution in [0.25, 0.3) is 11.1 Å². The molecular formula is C33H32N4O4S2. The predicted octanol–water partition coefficient (Wildman–Crippen LogP) is 5.03. The third-order valence-electron chi connectivity index (χ3n) is 8.17. The lowest BCUT2D eigenvalue weighted by Gasteiger charge is -2.24. The number of fused-ring (bicyclic) bond motifs is 2. The molecule has 10 heteroatoms. The second kappa shape index (κ2) is 11.5. The van der Waals surface area contributed by atoms with Crippen LogP contribution in [0, 0.1) is 25.2 Å². The lowest BCUT2D eigenvalue weighted by Crippen LogP contribution is -2.39. The molecular weight excluding hydrogens is 581 g/mol. The molecule has 220 valence electrons. The molecule has 1 atom stereocenters. The molecule has 1 aromatic carbocycles. The van der Waals surface area contributed by atoms with Gasteiger partial charge in [-0.15, -0.1) is 11.3 Å². The zero-order chi connectivity index (χ0) is 30.4. The van der Waals surface area contributed by atoms with Gasteiger partial charge in [-0.05, 0) is 94.3 Å². The van der Waals surface area contributed by atoms with Crippen molar-refractivity contribution in [2.75, 3.05) is 13.7 Å². The van der Waals surface area contributed by atoms with E-state index in [0.717, 1.165) is 58.8 Å². The van der Waals surface area contributed by atoms with Crippen molar-refractivity contribution in [1.29, 1.82) is 5.26 Å². The van der Waals surface area contributed by atoms with Gasteiger partial charge in [0, 0.05) is 16.3 Å². The fourth-order valence-corrected chi connectivity index (χ4v) is 8.59. The number of nitriles is 1. The minimum Gasteiger partial charge on any atom is -0.497 e. The van der Waals surface area contributed by atoms with Crippen molar-refractivity contribution in [3.8, 4) is 16.8 Å². The normalized spacial score (nSPS) is 16.4. The van der Waals surface area contributed by atoms with Gasteiger partial charge in [0.15, 0.2) is 4.80 Å². The van der Waals surface area contributed by atoms with Crippen LogP contribution in [0.4, 0.5) is 0 Å². The molecule has 8 nitrogen and oxygen atoms in total. The second-order valence-electron chi connectivity index (χ2n) is 10.7. The molecule has 6 rings (SSSR count). The number of hydrogen-bond acceptors (Lipinski definition) is 8. The van der Waals surface area contributed by atoms with Crippen LogP contribution < -0.4 is 19.6 Å². The Labute approximate surface area is 257 Å². The lowest BCUT2D eigenvalue weighted by molar-refractivity contribution is -0.139. The van der Waals surface area contributed by atoms with Crippen LogP contribution in [-0.4, -0.2) is 28.8 Å². The molecule has 2 aliphatic rings. The molecule has 0 saturated heterocycles. The van der Waals surface area contributed by atoms with Crippen LogP contribution >= 0.6 is 22.7 Å². The van der Waals surface area contributed by atoms with Gasteiger partial charge < -0.3 is 14.0 Å². The number of carbonyl (C=O) groups is 1. The average molecular weight is 613 g/mol. The van der Waals surface area contributed by atoms with Crippen molar-refractivity contribution < 1.29 is 14.3 Å². The van der Waals surface area contributed by atoms with Gasteiger partial charge in [-0.25, -0.2) is 9.79 Å². The van der Waals surface area contributed by atoms with Crippen LogP contribution in [-0.2, 0) is 22.4 Å². The number of ether oxygens (including phenoxy) is 2. The van der Waals surface area contributed by atoms with E-state index in [4.69, 9.17) is 14.5 Å². The van der Waals surface area contributed by atoms with Crippen molar-refractivity contribution in [2.45, 2.75) is 59.4 Å². The minimum absolute atomic E-state index is 0.214. The molecule has 0 bridgehead atoms. The van der Waals surface area contributed by atoms with Crippen molar-refractivity contribution in [3.63, 3.8) is 0 Å². The first-order valence-corrected chi connectivity index (χ1v) is 16.0. The first-order valence-electron chi connectivity index (χ1n) is 14.3. The van der Waals surface area contributed by atoms with Crippen LogP contribution in [0.3, 0.4) is 0 Å². The van der Waals surface area contributed by atoms with E-state index in [2.05, 4.69) is 16.7 Å². The molecule has 4 heterocycles. The van der Waals surface area contributed by atoms with Gasteiger partial charge in [-0.3, -0.25) is 9.36 Å². The number of methoxy groups -OCH3 is 1. The topological polar surface area (TPSA) is 98.6 Å². The number of aryl methyl sites for hydroxylation is 2. The van der Waals surface area contributed by atoms with E-state index in [1.807, 2.05) is 44.2 Å². The largest absolute Gasteiger partial charge is 0.497 e. The van der Waals surface area contributed by atoms with Crippen LogP contribution in [0.15, 0.2) is 51.4 Å². The van der Waals surface area contributed by atoms with Crippen LogP contribution in [0.2, 0.25) is 0 Å². The quantitative estimate of drug-likeness (QED) is 0.285. The summed E-state index contributed by atoms with van der Waals surface area (Å²) in [7, 11) is 1.59. The molecule has 0 N–H and O–H groups in total. The summed E-state index contributed by atoms with van der Waals surface area (Å²) in [6.07, 6.45) is 6.14. The summed E-state index contributed by atoms with van der Waals surface area (Å²) in [5, 5.41) is 11.0. The summed E-state index contributed by atoms with van der Waals surface area (Å²) < 4.78 is 15.0. The lowest BCUT2D eigenvalue weighted by atomic mass is 9.96. The summed E-state index contributed by atoms with van der Waals surface area (Å²) in [6, 6.07) is 11.2. The maximum atomic E-state index is 14.1. The molecule has 1 aliphatic carbocycles. The van der Waals surface area contributed by atoms with Crippen LogP contribution in [0.1, 0.15) is 71.2 Å². The minimum atomic E-state index is -0.689. The highest BCUT2D eigenvalue weighted by Crippen LogP contribution is 2.38. The van der Waals surface area contributed by atoms with Gasteiger partial charge >= 0.3 is 5.97 Å². The number of esters is 1. The SMILES string of the molecule is CCOC(=O)C1=C(C)N=c2s/c(=C/c3cc(C)n(-c4sc5c(c4C#N)CCCC5)c3C)c(=O)n2[C@H]1c1ccc(OC)cc1. The van der Waals surface area contributed by atoms with E-state index in [9.17, 15) is 14.9 Å². The first-order chi connectivity index (χ1) is 20.8. The smallest absolute Gasteiger partial charge is 0.338 e. The number of nitrogens with zero attached hydrogens (tertiary/aromatic N) is 4. The van der Waals surface area contributed by atoms with E-state index in [0.29, 0.717) is 26.4 Å². The third kappa shape index (κ3) is 4.86. The maximum Gasteiger partial charge on any atom is 0.338 e. The molecule has 4 aromatic rings. The number of allylic oxidation sites excluding steroid dienone is 1. The summed E-state index contributed by atoms with van der Waals surface area (Å²) in [5.74, 6) is 0.186. The Morgan fingerprint density at radius 2 is 1.91 bits per heavy atom. The van der Waals surface area contributed by atoms with E-state index >= 15 is 0 Å². The number of benzene rings is 1. The molecule has 0 saturated carbocycles. The molecule has 0 fully saturated rings.